The van der Waals surface area contributed by atoms with Gasteiger partial charge in [-0.15, -0.1) is 0 Å². The summed E-state index contributed by atoms with van der Waals surface area (Å²) in [7, 11) is 1.42. The van der Waals surface area contributed by atoms with E-state index in [2.05, 4.69) is 19.2 Å². The van der Waals surface area contributed by atoms with Gasteiger partial charge < -0.3 is 10.1 Å². The van der Waals surface area contributed by atoms with E-state index >= 15 is 0 Å². The molecule has 0 aliphatic carbocycles. The zero-order valence-electron chi connectivity index (χ0n) is 13.9. The Morgan fingerprint density at radius 2 is 1.95 bits per heavy atom. The van der Waals surface area contributed by atoms with Gasteiger partial charge >= 0.3 is 5.97 Å². The quantitative estimate of drug-likeness (QED) is 0.517. The van der Waals surface area contributed by atoms with Crippen LogP contribution in [0.1, 0.15) is 68.3 Å². The van der Waals surface area contributed by atoms with E-state index in [9.17, 15) is 4.79 Å². The molecule has 21 heavy (non-hydrogen) atoms. The lowest BCUT2D eigenvalue weighted by Gasteiger charge is -2.18. The number of esters is 1. The molecule has 3 nitrogen and oxygen atoms in total. The Bertz CT molecular complexity index is 443. The van der Waals surface area contributed by atoms with E-state index in [1.165, 1.54) is 39.2 Å². The maximum Gasteiger partial charge on any atom is 0.339 e. The molecule has 0 radical (unpaired) electrons. The van der Waals surface area contributed by atoms with Gasteiger partial charge in [-0.1, -0.05) is 50.7 Å². The topological polar surface area (TPSA) is 38.3 Å². The Labute approximate surface area is 129 Å². The van der Waals surface area contributed by atoms with Gasteiger partial charge in [-0.3, -0.25) is 0 Å². The van der Waals surface area contributed by atoms with Gasteiger partial charge in [0.15, 0.2) is 0 Å². The molecule has 0 amide bonds. The molecule has 118 valence electrons. The van der Waals surface area contributed by atoms with Crippen LogP contribution in [0.2, 0.25) is 0 Å². The number of unbranched alkanes of at least 4 members (excludes halogenated alkanes) is 4. The fourth-order valence-electron chi connectivity index (χ4n) is 2.45. The van der Waals surface area contributed by atoms with Crippen LogP contribution in [0.3, 0.4) is 0 Å². The maximum absolute atomic E-state index is 11.8. The monoisotopic (exact) mass is 291 g/mol. The number of carbonyl (C=O) groups excluding carboxylic acids is 1. The molecule has 0 aliphatic rings. The second kappa shape index (κ2) is 9.43. The number of rotatable bonds is 9. The van der Waals surface area contributed by atoms with Crippen LogP contribution >= 0.6 is 0 Å². The van der Waals surface area contributed by atoms with Crippen LogP contribution in [0.15, 0.2) is 18.2 Å². The van der Waals surface area contributed by atoms with Gasteiger partial charge in [0.1, 0.15) is 0 Å². The van der Waals surface area contributed by atoms with Gasteiger partial charge in [0, 0.05) is 11.7 Å². The molecule has 0 aliphatic heterocycles. The van der Waals surface area contributed by atoms with Crippen LogP contribution in [0, 0.1) is 6.92 Å². The first-order valence-electron chi connectivity index (χ1n) is 8.04. The Balaban J connectivity index is 2.55. The summed E-state index contributed by atoms with van der Waals surface area (Å²) in [5.74, 6) is -0.281. The highest BCUT2D eigenvalue weighted by Gasteiger charge is 2.13. The minimum Gasteiger partial charge on any atom is -0.465 e. The molecule has 1 aromatic carbocycles. The lowest BCUT2D eigenvalue weighted by Crippen LogP contribution is -2.17. The van der Waals surface area contributed by atoms with Gasteiger partial charge in [-0.25, -0.2) is 4.79 Å². The third-order valence-corrected chi connectivity index (χ3v) is 3.72. The summed E-state index contributed by atoms with van der Waals surface area (Å²) in [5.41, 5.74) is 2.55. The van der Waals surface area contributed by atoms with E-state index in [0.29, 0.717) is 11.6 Å². The van der Waals surface area contributed by atoms with Gasteiger partial charge in [0.25, 0.3) is 0 Å². The first kappa shape index (κ1) is 17.5. The number of aryl methyl sites for hydroxylation is 1. The largest absolute Gasteiger partial charge is 0.465 e. The highest BCUT2D eigenvalue weighted by Crippen LogP contribution is 2.20. The Hall–Kier alpha value is -1.51. The molecule has 0 spiro atoms. The summed E-state index contributed by atoms with van der Waals surface area (Å²) < 4.78 is 4.86. The molecule has 0 heterocycles. The van der Waals surface area contributed by atoms with Crippen LogP contribution in [0.25, 0.3) is 0 Å². The number of methoxy groups -OCH3 is 1. The molecule has 1 rings (SSSR count). The van der Waals surface area contributed by atoms with Crippen molar-refractivity contribution in [3.63, 3.8) is 0 Å². The molecule has 0 saturated heterocycles. The Morgan fingerprint density at radius 3 is 2.62 bits per heavy atom. The molecule has 0 saturated carbocycles. The van der Waals surface area contributed by atoms with Gasteiger partial charge in [0.05, 0.1) is 12.7 Å². The Kier molecular flexibility index (Phi) is 7.88. The van der Waals surface area contributed by atoms with Crippen molar-refractivity contribution in [3.05, 3.63) is 29.3 Å². The summed E-state index contributed by atoms with van der Waals surface area (Å²) in [5, 5.41) is 3.44. The molecular formula is C18H29NO2. The van der Waals surface area contributed by atoms with Crippen LogP contribution in [-0.4, -0.2) is 19.1 Å². The average molecular weight is 291 g/mol. The van der Waals surface area contributed by atoms with Gasteiger partial charge in [-0.05, 0) is 32.4 Å². The summed E-state index contributed by atoms with van der Waals surface area (Å²) in [6.07, 6.45) is 7.57. The number of carbonyl (C=O) groups is 1. The predicted molar refractivity (Wildman–Crippen MR) is 89.0 cm³/mol. The van der Waals surface area contributed by atoms with Crippen LogP contribution < -0.4 is 5.32 Å². The number of ether oxygens (including phenoxy) is 1. The summed E-state index contributed by atoms with van der Waals surface area (Å²) in [6, 6.07) is 6.22. The van der Waals surface area contributed by atoms with E-state index in [1.807, 2.05) is 25.1 Å². The summed E-state index contributed by atoms with van der Waals surface area (Å²) in [6.45, 7) is 6.38. The highest BCUT2D eigenvalue weighted by atomic mass is 16.5. The first-order chi connectivity index (χ1) is 10.1. The molecule has 0 fully saturated rings. The third-order valence-electron chi connectivity index (χ3n) is 3.72. The van der Waals surface area contributed by atoms with Crippen molar-refractivity contribution in [2.24, 2.45) is 0 Å². The van der Waals surface area contributed by atoms with Gasteiger partial charge in [-0.2, -0.15) is 0 Å². The van der Waals surface area contributed by atoms with E-state index in [-0.39, 0.29) is 5.97 Å². The molecule has 1 aromatic rings. The fourth-order valence-corrected chi connectivity index (χ4v) is 2.45. The summed E-state index contributed by atoms with van der Waals surface area (Å²) >= 11 is 0. The van der Waals surface area contributed by atoms with Crippen LogP contribution in [-0.2, 0) is 4.74 Å². The molecule has 0 bridgehead atoms. The van der Waals surface area contributed by atoms with Crippen molar-refractivity contribution in [2.45, 2.75) is 65.3 Å². The average Bonchev–Trinajstić information content (AvgIpc) is 2.48. The number of anilines is 1. The van der Waals surface area contributed by atoms with E-state index < -0.39 is 0 Å². The van der Waals surface area contributed by atoms with Crippen molar-refractivity contribution in [1.82, 2.24) is 0 Å². The van der Waals surface area contributed by atoms with E-state index in [4.69, 9.17) is 4.74 Å². The normalized spacial score (nSPS) is 12.0. The molecular weight excluding hydrogens is 262 g/mol. The first-order valence-corrected chi connectivity index (χ1v) is 8.04. The zero-order chi connectivity index (χ0) is 15.7. The number of nitrogens with one attached hydrogen (secondary N) is 1. The van der Waals surface area contributed by atoms with Crippen LogP contribution in [0.4, 0.5) is 5.69 Å². The van der Waals surface area contributed by atoms with Crippen molar-refractivity contribution >= 4 is 11.7 Å². The van der Waals surface area contributed by atoms with Crippen molar-refractivity contribution < 1.29 is 9.53 Å². The molecule has 3 heteroatoms. The minimum atomic E-state index is -0.281. The molecule has 0 aromatic heterocycles. The number of benzene rings is 1. The fraction of sp³-hybridized carbons (Fsp3) is 0.611. The lowest BCUT2D eigenvalue weighted by atomic mass is 10.1. The van der Waals surface area contributed by atoms with Crippen molar-refractivity contribution in [2.75, 3.05) is 12.4 Å². The second-order valence-corrected chi connectivity index (χ2v) is 5.79. The zero-order valence-corrected chi connectivity index (χ0v) is 13.9. The van der Waals surface area contributed by atoms with E-state index in [0.717, 1.165) is 17.7 Å². The smallest absolute Gasteiger partial charge is 0.339 e. The van der Waals surface area contributed by atoms with E-state index in [1.54, 1.807) is 0 Å². The molecule has 1 N–H and O–H groups in total. The maximum atomic E-state index is 11.8. The van der Waals surface area contributed by atoms with Crippen LogP contribution in [0.5, 0.6) is 0 Å². The predicted octanol–water partition coefficient (Wildman–Crippen LogP) is 4.94. The Morgan fingerprint density at radius 1 is 1.24 bits per heavy atom. The molecule has 1 unspecified atom stereocenters. The highest BCUT2D eigenvalue weighted by molar-refractivity contribution is 5.95. The standard InChI is InChI=1S/C18H29NO2/c1-5-6-7-8-9-10-15(3)19-17-12-11-14(2)13-16(17)18(20)21-4/h11-13,15,19H,5-10H2,1-4H3. The summed E-state index contributed by atoms with van der Waals surface area (Å²) in [4.78, 5) is 11.8. The minimum absolute atomic E-state index is 0.281. The SMILES string of the molecule is CCCCCCCC(C)Nc1ccc(C)cc1C(=O)OC. The van der Waals surface area contributed by atoms with Gasteiger partial charge in [0.2, 0.25) is 0 Å². The second-order valence-electron chi connectivity index (χ2n) is 5.79. The number of hydrogen-bond donors (Lipinski definition) is 1. The number of hydrogen-bond acceptors (Lipinski definition) is 3. The molecule has 1 atom stereocenters. The lowest BCUT2D eigenvalue weighted by molar-refractivity contribution is 0.0601. The van der Waals surface area contributed by atoms with Crippen molar-refractivity contribution in [1.29, 1.82) is 0 Å². The third kappa shape index (κ3) is 6.19. The van der Waals surface area contributed by atoms with Crippen molar-refractivity contribution in [3.8, 4) is 0 Å².